The topological polar surface area (TPSA) is 145 Å². The van der Waals surface area contributed by atoms with Crippen LogP contribution in [0.2, 0.25) is 0 Å². The normalized spacial score (nSPS) is 13.6. The minimum Gasteiger partial charge on any atom is -0.364 e. The van der Waals surface area contributed by atoms with Gasteiger partial charge in [0, 0.05) is 13.2 Å². The molecule has 0 bridgehead atoms. The van der Waals surface area contributed by atoms with Crippen LogP contribution in [0.3, 0.4) is 0 Å². The van der Waals surface area contributed by atoms with Crippen LogP contribution < -0.4 is 11.5 Å². The van der Waals surface area contributed by atoms with Crippen LogP contribution in [0.4, 0.5) is 0 Å². The van der Waals surface area contributed by atoms with Gasteiger partial charge in [-0.2, -0.15) is 8.42 Å². The summed E-state index contributed by atoms with van der Waals surface area (Å²) in [5.74, 6) is 0. The van der Waals surface area contributed by atoms with E-state index in [0.29, 0.717) is 13.2 Å². The Morgan fingerprint density at radius 1 is 1.00 bits per heavy atom. The van der Waals surface area contributed by atoms with Crippen molar-refractivity contribution in [3.05, 3.63) is 0 Å². The number of ether oxygens (including phenoxy) is 2. The molecule has 0 aromatic heterocycles. The first-order valence-corrected chi connectivity index (χ1v) is 6.38. The molecule has 0 spiro atoms. The third-order valence-corrected chi connectivity index (χ3v) is 0.859. The van der Waals surface area contributed by atoms with Gasteiger partial charge in [0.2, 0.25) is 0 Å². The molecule has 0 aliphatic carbocycles. The molecule has 0 saturated carbocycles. The highest BCUT2D eigenvalue weighted by Gasteiger charge is 1.85. The van der Waals surface area contributed by atoms with Gasteiger partial charge in [0.05, 0.1) is 0 Å². The van der Waals surface area contributed by atoms with Crippen LogP contribution in [-0.4, -0.2) is 43.2 Å². The summed E-state index contributed by atoms with van der Waals surface area (Å²) < 4.78 is 41.2. The van der Waals surface area contributed by atoms with Crippen molar-refractivity contribution in [1.82, 2.24) is 0 Å². The zero-order valence-electron chi connectivity index (χ0n) is 10.7. The van der Waals surface area contributed by atoms with Crippen molar-refractivity contribution in [2.45, 2.75) is 40.2 Å². The average Bonchev–Trinajstić information content (AvgIpc) is 2.00. The van der Waals surface area contributed by atoms with Gasteiger partial charge in [-0.3, -0.25) is 9.11 Å². The van der Waals surface area contributed by atoms with E-state index in [0.717, 1.165) is 0 Å². The predicted octanol–water partition coefficient (Wildman–Crippen LogP) is 0.00240. The first kappa shape index (κ1) is 21.9. The van der Waals surface area contributed by atoms with Crippen molar-refractivity contribution < 1.29 is 27.0 Å². The minimum atomic E-state index is -4.67. The molecule has 0 aromatic rings. The van der Waals surface area contributed by atoms with Gasteiger partial charge < -0.3 is 20.9 Å². The highest BCUT2D eigenvalue weighted by Crippen LogP contribution is 1.75. The van der Waals surface area contributed by atoms with E-state index in [1.807, 2.05) is 27.7 Å². The molecular weight excluding hydrogens is 252 g/mol. The molecule has 6 N–H and O–H groups in total. The molecule has 0 saturated heterocycles. The van der Waals surface area contributed by atoms with Crippen LogP contribution in [0.5, 0.6) is 0 Å². The van der Waals surface area contributed by atoms with Gasteiger partial charge in [0.25, 0.3) is 0 Å². The molecule has 0 rings (SSSR count). The standard InChI is InChI=1S/2C4H11NO.H2O4S/c2*1-3-6-4(2)5;1-5(2,3)4/h2*4H,3,5H2,1-2H3;(H2,1,2,3,4). The molecule has 0 amide bonds. The van der Waals surface area contributed by atoms with Crippen molar-refractivity contribution in [2.24, 2.45) is 11.5 Å². The second-order valence-electron chi connectivity index (χ2n) is 2.77. The maximum Gasteiger partial charge on any atom is 0.394 e. The lowest BCUT2D eigenvalue weighted by molar-refractivity contribution is 0.0811. The molecule has 0 radical (unpaired) electrons. The Labute approximate surface area is 103 Å². The van der Waals surface area contributed by atoms with Gasteiger partial charge in [-0.1, -0.05) is 0 Å². The van der Waals surface area contributed by atoms with Gasteiger partial charge in [-0.25, -0.2) is 0 Å². The first-order valence-electron chi connectivity index (χ1n) is 4.98. The Hall–Kier alpha value is -0.290. The van der Waals surface area contributed by atoms with E-state index in [1.165, 1.54) is 0 Å². The summed E-state index contributed by atoms with van der Waals surface area (Å²) in [7, 11) is -4.67. The lowest BCUT2D eigenvalue weighted by Gasteiger charge is -2.00. The molecule has 2 unspecified atom stereocenters. The monoisotopic (exact) mass is 276 g/mol. The fraction of sp³-hybridized carbons (Fsp3) is 1.00. The van der Waals surface area contributed by atoms with E-state index in [9.17, 15) is 0 Å². The Balaban J connectivity index is -0.000000174. The van der Waals surface area contributed by atoms with E-state index in [-0.39, 0.29) is 12.5 Å². The third kappa shape index (κ3) is 90.6. The summed E-state index contributed by atoms with van der Waals surface area (Å²) in [6.45, 7) is 8.87. The van der Waals surface area contributed by atoms with E-state index in [1.54, 1.807) is 0 Å². The zero-order chi connectivity index (χ0) is 14.5. The molecule has 0 aliphatic rings. The zero-order valence-corrected chi connectivity index (χ0v) is 11.5. The largest absolute Gasteiger partial charge is 0.394 e. The summed E-state index contributed by atoms with van der Waals surface area (Å²) >= 11 is 0. The van der Waals surface area contributed by atoms with Crippen LogP contribution in [0.25, 0.3) is 0 Å². The van der Waals surface area contributed by atoms with Crippen molar-refractivity contribution in [3.8, 4) is 0 Å². The second-order valence-corrected chi connectivity index (χ2v) is 3.66. The molecule has 0 fully saturated rings. The fourth-order valence-corrected chi connectivity index (χ4v) is 0.526. The summed E-state index contributed by atoms with van der Waals surface area (Å²) in [6, 6.07) is 0. The van der Waals surface area contributed by atoms with Gasteiger partial charge in [-0.15, -0.1) is 0 Å². The van der Waals surface area contributed by atoms with Crippen molar-refractivity contribution in [2.75, 3.05) is 13.2 Å². The molecule has 0 aromatic carbocycles. The first-order chi connectivity index (χ1) is 7.54. The number of hydrogen-bond donors (Lipinski definition) is 4. The Morgan fingerprint density at radius 2 is 1.18 bits per heavy atom. The van der Waals surface area contributed by atoms with E-state index < -0.39 is 10.4 Å². The smallest absolute Gasteiger partial charge is 0.364 e. The van der Waals surface area contributed by atoms with Gasteiger partial charge in [0.1, 0.15) is 12.5 Å². The highest BCUT2D eigenvalue weighted by molar-refractivity contribution is 7.79. The minimum absolute atomic E-state index is 0.102. The second kappa shape index (κ2) is 13.8. The molecule has 17 heavy (non-hydrogen) atoms. The summed E-state index contributed by atoms with van der Waals surface area (Å²) in [5.41, 5.74) is 10.4. The van der Waals surface area contributed by atoms with E-state index in [2.05, 4.69) is 0 Å². The van der Waals surface area contributed by atoms with Crippen LogP contribution in [0, 0.1) is 0 Å². The number of rotatable bonds is 4. The van der Waals surface area contributed by atoms with Crippen molar-refractivity contribution in [3.63, 3.8) is 0 Å². The van der Waals surface area contributed by atoms with E-state index >= 15 is 0 Å². The van der Waals surface area contributed by atoms with Crippen LogP contribution in [0.15, 0.2) is 0 Å². The molecule has 0 aliphatic heterocycles. The Bertz CT molecular complexity index is 212. The summed E-state index contributed by atoms with van der Waals surface area (Å²) in [6.07, 6.45) is -0.204. The van der Waals surface area contributed by atoms with E-state index in [4.69, 9.17) is 38.5 Å². The third-order valence-electron chi connectivity index (χ3n) is 0.859. The van der Waals surface area contributed by atoms with Gasteiger partial charge in [0.15, 0.2) is 0 Å². The number of nitrogens with two attached hydrogens (primary N) is 2. The predicted molar refractivity (Wildman–Crippen MR) is 64.7 cm³/mol. The Morgan fingerprint density at radius 3 is 1.18 bits per heavy atom. The van der Waals surface area contributed by atoms with Crippen LogP contribution >= 0.6 is 0 Å². The lowest BCUT2D eigenvalue weighted by atomic mass is 10.7. The quantitative estimate of drug-likeness (QED) is 0.414. The number of hydrogen-bond acceptors (Lipinski definition) is 6. The molecule has 0 heterocycles. The summed E-state index contributed by atoms with van der Waals surface area (Å²) in [5, 5.41) is 0. The molecule has 2 atom stereocenters. The molecular formula is C8H24N2O6S. The van der Waals surface area contributed by atoms with Crippen molar-refractivity contribution >= 4 is 10.4 Å². The van der Waals surface area contributed by atoms with Crippen molar-refractivity contribution in [1.29, 1.82) is 0 Å². The maximum atomic E-state index is 8.74. The van der Waals surface area contributed by atoms with Crippen LogP contribution in [0.1, 0.15) is 27.7 Å². The molecule has 9 heteroatoms. The van der Waals surface area contributed by atoms with Crippen LogP contribution in [-0.2, 0) is 19.9 Å². The molecule has 108 valence electrons. The average molecular weight is 276 g/mol. The SMILES string of the molecule is CCOC(C)N.CCOC(C)N.O=S(=O)(O)O. The lowest BCUT2D eigenvalue weighted by Crippen LogP contribution is -2.18. The molecule has 8 nitrogen and oxygen atoms in total. The fourth-order valence-electron chi connectivity index (χ4n) is 0.526. The Kier molecular flexibility index (Phi) is 17.8. The summed E-state index contributed by atoms with van der Waals surface area (Å²) in [4.78, 5) is 0. The van der Waals surface area contributed by atoms with Gasteiger partial charge in [-0.05, 0) is 27.7 Å². The highest BCUT2D eigenvalue weighted by atomic mass is 32.3. The van der Waals surface area contributed by atoms with Gasteiger partial charge >= 0.3 is 10.4 Å². The maximum absolute atomic E-state index is 8.74.